The van der Waals surface area contributed by atoms with Gasteiger partial charge >= 0.3 is 0 Å². The molecule has 3 amide bonds. The number of primary amides is 1. The van der Waals surface area contributed by atoms with Crippen LogP contribution in [0.15, 0.2) is 54.6 Å². The molecule has 0 unspecified atom stereocenters. The van der Waals surface area contributed by atoms with Gasteiger partial charge in [0.25, 0.3) is 0 Å². The van der Waals surface area contributed by atoms with Crippen LogP contribution in [0.4, 0.5) is 4.39 Å². The Labute approximate surface area is 169 Å². The fourth-order valence-corrected chi connectivity index (χ4v) is 3.07. The van der Waals surface area contributed by atoms with E-state index in [1.807, 2.05) is 30.3 Å². The summed E-state index contributed by atoms with van der Waals surface area (Å²) in [5.74, 6) is -2.01. The Morgan fingerprint density at radius 2 is 1.66 bits per heavy atom. The van der Waals surface area contributed by atoms with Crippen molar-refractivity contribution in [3.63, 3.8) is 0 Å². The maximum atomic E-state index is 13.4. The number of nitrogens with two attached hydrogens (primary N) is 1. The molecule has 0 saturated carbocycles. The van der Waals surface area contributed by atoms with E-state index in [2.05, 4.69) is 10.6 Å². The lowest BCUT2D eigenvalue weighted by atomic mass is 10.0. The first-order chi connectivity index (χ1) is 13.8. The van der Waals surface area contributed by atoms with E-state index in [1.165, 1.54) is 25.1 Å². The summed E-state index contributed by atoms with van der Waals surface area (Å²) in [7, 11) is 0. The summed E-state index contributed by atoms with van der Waals surface area (Å²) in [5, 5.41) is 5.17. The van der Waals surface area contributed by atoms with Crippen LogP contribution in [0, 0.1) is 5.82 Å². The van der Waals surface area contributed by atoms with Crippen LogP contribution in [0.1, 0.15) is 30.9 Å². The van der Waals surface area contributed by atoms with Crippen LogP contribution < -0.4 is 16.4 Å². The minimum Gasteiger partial charge on any atom is -0.368 e. The number of benzene rings is 2. The van der Waals surface area contributed by atoms with Crippen LogP contribution in [0.3, 0.4) is 0 Å². The lowest BCUT2D eigenvalue weighted by molar-refractivity contribution is -0.130. The second kappa shape index (κ2) is 10.9. The van der Waals surface area contributed by atoms with Crippen molar-refractivity contribution in [1.82, 2.24) is 10.6 Å². The van der Waals surface area contributed by atoms with Crippen molar-refractivity contribution in [2.24, 2.45) is 5.73 Å². The molecule has 0 aliphatic carbocycles. The number of aryl methyl sites for hydroxylation is 1. The first kappa shape index (κ1) is 22.1. The van der Waals surface area contributed by atoms with Gasteiger partial charge in [0.1, 0.15) is 17.9 Å². The zero-order valence-electron chi connectivity index (χ0n) is 16.4. The number of nitrogens with one attached hydrogen (secondary N) is 2. The Kier molecular flexibility index (Phi) is 8.33. The van der Waals surface area contributed by atoms with E-state index in [4.69, 9.17) is 5.73 Å². The third-order valence-corrected chi connectivity index (χ3v) is 4.48. The molecule has 2 rings (SSSR count). The number of hydrogen-bond donors (Lipinski definition) is 3. The highest BCUT2D eigenvalue weighted by Gasteiger charge is 2.25. The van der Waals surface area contributed by atoms with E-state index in [9.17, 15) is 18.8 Å². The van der Waals surface area contributed by atoms with Gasteiger partial charge < -0.3 is 16.4 Å². The highest BCUT2D eigenvalue weighted by molar-refractivity contribution is 5.91. The van der Waals surface area contributed by atoms with Gasteiger partial charge in [0.2, 0.25) is 17.7 Å². The molecule has 2 atom stereocenters. The number of rotatable bonds is 10. The number of carbonyl (C=O) groups excluding carboxylic acids is 3. The van der Waals surface area contributed by atoms with Crippen LogP contribution in [0.2, 0.25) is 0 Å². The van der Waals surface area contributed by atoms with Crippen molar-refractivity contribution in [2.75, 3.05) is 0 Å². The second-order valence-electron chi connectivity index (χ2n) is 6.93. The van der Waals surface area contributed by atoms with Gasteiger partial charge in [-0.15, -0.1) is 0 Å². The van der Waals surface area contributed by atoms with Crippen molar-refractivity contribution < 1.29 is 18.8 Å². The van der Waals surface area contributed by atoms with Crippen LogP contribution in [0.5, 0.6) is 0 Å². The van der Waals surface area contributed by atoms with E-state index in [0.29, 0.717) is 18.4 Å². The van der Waals surface area contributed by atoms with E-state index in [0.717, 1.165) is 12.0 Å². The van der Waals surface area contributed by atoms with Crippen molar-refractivity contribution in [1.29, 1.82) is 0 Å². The molecule has 0 aliphatic rings. The number of halogens is 1. The molecule has 2 aromatic rings. The summed E-state index contributed by atoms with van der Waals surface area (Å²) in [6.07, 6.45) is 1.88. The summed E-state index contributed by atoms with van der Waals surface area (Å²) in [6, 6.07) is 13.8. The molecule has 0 aliphatic heterocycles. The predicted molar refractivity (Wildman–Crippen MR) is 108 cm³/mol. The number of hydrogen-bond acceptors (Lipinski definition) is 3. The van der Waals surface area contributed by atoms with Gasteiger partial charge in [-0.05, 0) is 42.5 Å². The Bertz CT molecular complexity index is 842. The molecule has 29 heavy (non-hydrogen) atoms. The van der Waals surface area contributed by atoms with Crippen LogP contribution in [0.25, 0.3) is 0 Å². The van der Waals surface area contributed by atoms with Crippen molar-refractivity contribution >= 4 is 17.7 Å². The molecular weight excluding hydrogens is 373 g/mol. The molecule has 0 saturated heterocycles. The molecule has 0 bridgehead atoms. The zero-order chi connectivity index (χ0) is 21.2. The lowest BCUT2D eigenvalue weighted by Gasteiger charge is -2.21. The molecule has 2 aromatic carbocycles. The molecule has 7 heteroatoms. The Balaban J connectivity index is 1.99. The zero-order valence-corrected chi connectivity index (χ0v) is 16.4. The molecule has 4 N–H and O–H groups in total. The average Bonchev–Trinajstić information content (AvgIpc) is 2.67. The molecule has 0 aromatic heterocycles. The summed E-state index contributed by atoms with van der Waals surface area (Å²) in [4.78, 5) is 36.0. The van der Waals surface area contributed by atoms with Crippen molar-refractivity contribution in [3.05, 3.63) is 71.5 Å². The molecule has 0 spiro atoms. The summed E-state index contributed by atoms with van der Waals surface area (Å²) in [6.45, 7) is 1.29. The Morgan fingerprint density at radius 1 is 0.966 bits per heavy atom. The maximum absolute atomic E-state index is 13.4. The number of amides is 3. The molecule has 0 fully saturated rings. The molecule has 0 radical (unpaired) electrons. The summed E-state index contributed by atoms with van der Waals surface area (Å²) >= 11 is 0. The van der Waals surface area contributed by atoms with E-state index in [-0.39, 0.29) is 6.42 Å². The smallest absolute Gasteiger partial charge is 0.243 e. The van der Waals surface area contributed by atoms with Crippen LogP contribution in [-0.2, 0) is 27.2 Å². The molecule has 6 nitrogen and oxygen atoms in total. The second-order valence-corrected chi connectivity index (χ2v) is 6.93. The molecule has 0 heterocycles. The van der Waals surface area contributed by atoms with Crippen LogP contribution >= 0.6 is 0 Å². The highest BCUT2D eigenvalue weighted by atomic mass is 19.1. The van der Waals surface area contributed by atoms with Gasteiger partial charge in [-0.25, -0.2) is 4.39 Å². The summed E-state index contributed by atoms with van der Waals surface area (Å²) < 4.78 is 13.4. The fourth-order valence-electron chi connectivity index (χ4n) is 3.07. The minimum atomic E-state index is -0.940. The van der Waals surface area contributed by atoms with Crippen molar-refractivity contribution in [2.45, 2.75) is 44.7 Å². The standard InChI is InChI=1S/C22H26FN3O3/c1-15(27)25-20(14-17-10-5-11-18(23)13-17)22(29)26-19(21(24)28)12-6-9-16-7-3-2-4-8-16/h2-5,7-8,10-11,13,19-20H,6,9,12,14H2,1H3,(H2,24,28)(H,25,27)(H,26,29)/t19-,20+/m0/s1. The monoisotopic (exact) mass is 399 g/mol. The molecule has 154 valence electrons. The van der Waals surface area contributed by atoms with E-state index >= 15 is 0 Å². The van der Waals surface area contributed by atoms with Gasteiger partial charge in [0.05, 0.1) is 0 Å². The van der Waals surface area contributed by atoms with Gasteiger partial charge in [0, 0.05) is 13.3 Å². The first-order valence-corrected chi connectivity index (χ1v) is 9.50. The SMILES string of the molecule is CC(=O)N[C@H](Cc1cccc(F)c1)C(=O)N[C@@H](CCCc1ccccc1)C(N)=O. The van der Waals surface area contributed by atoms with Gasteiger partial charge in [-0.1, -0.05) is 42.5 Å². The maximum Gasteiger partial charge on any atom is 0.243 e. The largest absolute Gasteiger partial charge is 0.368 e. The molecular formula is C22H26FN3O3. The third-order valence-electron chi connectivity index (χ3n) is 4.48. The third kappa shape index (κ3) is 7.73. The van der Waals surface area contributed by atoms with Gasteiger partial charge in [0.15, 0.2) is 0 Å². The lowest BCUT2D eigenvalue weighted by Crippen LogP contribution is -2.53. The van der Waals surface area contributed by atoms with Crippen molar-refractivity contribution in [3.8, 4) is 0 Å². The average molecular weight is 399 g/mol. The van der Waals surface area contributed by atoms with Crippen LogP contribution in [-0.4, -0.2) is 29.8 Å². The highest BCUT2D eigenvalue weighted by Crippen LogP contribution is 2.09. The fraction of sp³-hybridized carbons (Fsp3) is 0.318. The Morgan fingerprint density at radius 3 is 2.28 bits per heavy atom. The Hall–Kier alpha value is -3.22. The quantitative estimate of drug-likeness (QED) is 0.568. The topological polar surface area (TPSA) is 101 Å². The van der Waals surface area contributed by atoms with E-state index in [1.54, 1.807) is 6.07 Å². The first-order valence-electron chi connectivity index (χ1n) is 9.50. The predicted octanol–water partition coefficient (Wildman–Crippen LogP) is 1.87. The van der Waals surface area contributed by atoms with Gasteiger partial charge in [-0.2, -0.15) is 0 Å². The minimum absolute atomic E-state index is 0.0959. The summed E-state index contributed by atoms with van der Waals surface area (Å²) in [5.41, 5.74) is 7.13. The van der Waals surface area contributed by atoms with E-state index < -0.39 is 35.6 Å². The van der Waals surface area contributed by atoms with Gasteiger partial charge in [-0.3, -0.25) is 14.4 Å². The number of carbonyl (C=O) groups is 3. The normalized spacial score (nSPS) is 12.6.